The van der Waals surface area contributed by atoms with Crippen LogP contribution < -0.4 is 16.0 Å². The lowest BCUT2D eigenvalue weighted by atomic mass is 10.0. The van der Waals surface area contributed by atoms with Crippen molar-refractivity contribution in [3.63, 3.8) is 0 Å². The van der Waals surface area contributed by atoms with Crippen molar-refractivity contribution in [3.05, 3.63) is 29.3 Å². The summed E-state index contributed by atoms with van der Waals surface area (Å²) in [4.78, 5) is 0. The molecule has 106 valence electrons. The molecule has 1 aromatic rings. The maximum Gasteiger partial charge on any atom is 0.122 e. The fourth-order valence-corrected chi connectivity index (χ4v) is 2.21. The summed E-state index contributed by atoms with van der Waals surface area (Å²) in [6.07, 6.45) is 1.81. The summed E-state index contributed by atoms with van der Waals surface area (Å²) in [5.74, 6) is 6.63. The molecule has 0 saturated heterocycles. The molecule has 1 aliphatic rings. The van der Waals surface area contributed by atoms with Crippen LogP contribution in [0.15, 0.2) is 18.2 Å². The standard InChI is InChI=1S/C14H22N2O3/c1-17-8-9-18-6-5-13(16-15)11-2-3-14-12(10-11)4-7-19-14/h2-3,10,13,16H,4-9,15H2,1H3. The molecule has 1 aromatic carbocycles. The van der Waals surface area contributed by atoms with E-state index in [4.69, 9.17) is 20.1 Å². The van der Waals surface area contributed by atoms with E-state index in [9.17, 15) is 0 Å². The lowest BCUT2D eigenvalue weighted by Crippen LogP contribution is -2.29. The Morgan fingerprint density at radius 2 is 2.26 bits per heavy atom. The predicted molar refractivity (Wildman–Crippen MR) is 73.0 cm³/mol. The van der Waals surface area contributed by atoms with E-state index < -0.39 is 0 Å². The summed E-state index contributed by atoms with van der Waals surface area (Å²) in [6, 6.07) is 6.35. The molecule has 0 radical (unpaired) electrons. The first-order valence-electron chi connectivity index (χ1n) is 6.63. The number of rotatable bonds is 8. The van der Waals surface area contributed by atoms with Gasteiger partial charge in [0.05, 0.1) is 19.8 Å². The quantitative estimate of drug-likeness (QED) is 0.420. The second-order valence-corrected chi connectivity index (χ2v) is 4.58. The van der Waals surface area contributed by atoms with Crippen molar-refractivity contribution >= 4 is 0 Å². The van der Waals surface area contributed by atoms with Crippen molar-refractivity contribution in [2.75, 3.05) is 33.5 Å². The first-order chi connectivity index (χ1) is 9.35. The molecule has 1 atom stereocenters. The van der Waals surface area contributed by atoms with Crippen LogP contribution >= 0.6 is 0 Å². The van der Waals surface area contributed by atoms with Crippen LogP contribution in [0.2, 0.25) is 0 Å². The second kappa shape index (κ2) is 7.45. The van der Waals surface area contributed by atoms with Gasteiger partial charge < -0.3 is 14.2 Å². The van der Waals surface area contributed by atoms with E-state index in [1.54, 1.807) is 7.11 Å². The lowest BCUT2D eigenvalue weighted by molar-refractivity contribution is 0.0657. The van der Waals surface area contributed by atoms with Crippen LogP contribution in [0.1, 0.15) is 23.6 Å². The predicted octanol–water partition coefficient (Wildman–Crippen LogP) is 1.18. The maximum absolute atomic E-state index is 5.63. The second-order valence-electron chi connectivity index (χ2n) is 4.58. The van der Waals surface area contributed by atoms with E-state index in [0.29, 0.717) is 19.8 Å². The van der Waals surface area contributed by atoms with Gasteiger partial charge in [0.1, 0.15) is 5.75 Å². The smallest absolute Gasteiger partial charge is 0.122 e. The topological polar surface area (TPSA) is 65.7 Å². The number of nitrogens with one attached hydrogen (secondary N) is 1. The molecule has 2 rings (SSSR count). The van der Waals surface area contributed by atoms with Gasteiger partial charge in [0.15, 0.2) is 0 Å². The van der Waals surface area contributed by atoms with Gasteiger partial charge in [-0.15, -0.1) is 0 Å². The summed E-state index contributed by atoms with van der Waals surface area (Å²) in [5.41, 5.74) is 5.29. The van der Waals surface area contributed by atoms with Crippen molar-refractivity contribution in [1.29, 1.82) is 0 Å². The van der Waals surface area contributed by atoms with Crippen molar-refractivity contribution < 1.29 is 14.2 Å². The third-order valence-electron chi connectivity index (χ3n) is 3.30. The molecule has 5 heteroatoms. The zero-order valence-electron chi connectivity index (χ0n) is 11.4. The Morgan fingerprint density at radius 3 is 3.05 bits per heavy atom. The Bertz CT molecular complexity index is 398. The molecule has 0 aromatic heterocycles. The largest absolute Gasteiger partial charge is 0.493 e. The molecule has 1 unspecified atom stereocenters. The maximum atomic E-state index is 5.63. The Balaban J connectivity index is 1.86. The minimum Gasteiger partial charge on any atom is -0.493 e. The van der Waals surface area contributed by atoms with Crippen LogP contribution in [0.4, 0.5) is 0 Å². The number of hydrazine groups is 1. The van der Waals surface area contributed by atoms with Crippen LogP contribution in [0.25, 0.3) is 0 Å². The normalized spacial score (nSPS) is 15.1. The molecule has 1 aliphatic heterocycles. The number of methoxy groups -OCH3 is 1. The molecular formula is C14H22N2O3. The minimum atomic E-state index is 0.105. The fourth-order valence-electron chi connectivity index (χ4n) is 2.21. The Morgan fingerprint density at radius 1 is 1.37 bits per heavy atom. The Hall–Kier alpha value is -1.14. The first-order valence-corrected chi connectivity index (χ1v) is 6.63. The minimum absolute atomic E-state index is 0.105. The molecule has 1 heterocycles. The van der Waals surface area contributed by atoms with Crippen molar-refractivity contribution in [1.82, 2.24) is 5.43 Å². The van der Waals surface area contributed by atoms with Crippen molar-refractivity contribution in [2.45, 2.75) is 18.9 Å². The Kier molecular flexibility index (Phi) is 5.60. The molecular weight excluding hydrogens is 244 g/mol. The number of nitrogens with two attached hydrogens (primary N) is 1. The van der Waals surface area contributed by atoms with Crippen LogP contribution in [-0.2, 0) is 15.9 Å². The molecule has 5 nitrogen and oxygen atoms in total. The highest BCUT2D eigenvalue weighted by atomic mass is 16.5. The van der Waals surface area contributed by atoms with Gasteiger partial charge >= 0.3 is 0 Å². The van der Waals surface area contributed by atoms with Gasteiger partial charge in [-0.25, -0.2) is 0 Å². The van der Waals surface area contributed by atoms with E-state index in [1.165, 1.54) is 11.1 Å². The van der Waals surface area contributed by atoms with Crippen molar-refractivity contribution in [2.24, 2.45) is 5.84 Å². The number of fused-ring (bicyclic) bond motifs is 1. The van der Waals surface area contributed by atoms with E-state index >= 15 is 0 Å². The average Bonchev–Trinajstić information content (AvgIpc) is 2.90. The van der Waals surface area contributed by atoms with E-state index in [0.717, 1.165) is 25.2 Å². The van der Waals surface area contributed by atoms with Crippen LogP contribution in [-0.4, -0.2) is 33.5 Å². The van der Waals surface area contributed by atoms with E-state index in [2.05, 4.69) is 17.6 Å². The van der Waals surface area contributed by atoms with Gasteiger partial charge in [-0.2, -0.15) is 0 Å². The number of hydrogen-bond acceptors (Lipinski definition) is 5. The summed E-state index contributed by atoms with van der Waals surface area (Å²) < 4.78 is 15.9. The van der Waals surface area contributed by atoms with Gasteiger partial charge in [0.2, 0.25) is 0 Å². The number of benzene rings is 1. The Labute approximate surface area is 114 Å². The van der Waals surface area contributed by atoms with Gasteiger partial charge in [-0.05, 0) is 23.6 Å². The number of ether oxygens (including phenoxy) is 3. The van der Waals surface area contributed by atoms with Gasteiger partial charge in [-0.3, -0.25) is 11.3 Å². The summed E-state index contributed by atoms with van der Waals surface area (Å²) in [6.45, 7) is 2.67. The summed E-state index contributed by atoms with van der Waals surface area (Å²) >= 11 is 0. The average molecular weight is 266 g/mol. The molecule has 0 amide bonds. The lowest BCUT2D eigenvalue weighted by Gasteiger charge is -2.17. The third kappa shape index (κ3) is 3.91. The summed E-state index contributed by atoms with van der Waals surface area (Å²) in [7, 11) is 1.67. The number of hydrogen-bond donors (Lipinski definition) is 2. The highest BCUT2D eigenvalue weighted by molar-refractivity contribution is 5.40. The molecule has 0 bridgehead atoms. The highest BCUT2D eigenvalue weighted by Gasteiger charge is 2.16. The molecule has 3 N–H and O–H groups in total. The SMILES string of the molecule is COCCOCCC(NN)c1ccc2c(c1)CCO2. The van der Waals surface area contributed by atoms with Crippen LogP contribution in [0.5, 0.6) is 5.75 Å². The van der Waals surface area contributed by atoms with Crippen LogP contribution in [0.3, 0.4) is 0 Å². The molecule has 0 aliphatic carbocycles. The monoisotopic (exact) mass is 266 g/mol. The van der Waals surface area contributed by atoms with Gasteiger partial charge in [-0.1, -0.05) is 12.1 Å². The fraction of sp³-hybridized carbons (Fsp3) is 0.571. The molecule has 19 heavy (non-hydrogen) atoms. The third-order valence-corrected chi connectivity index (χ3v) is 3.30. The van der Waals surface area contributed by atoms with Crippen molar-refractivity contribution in [3.8, 4) is 5.75 Å². The van der Waals surface area contributed by atoms with E-state index in [-0.39, 0.29) is 6.04 Å². The van der Waals surface area contributed by atoms with E-state index in [1.807, 2.05) is 6.07 Å². The molecule has 0 fully saturated rings. The molecule has 0 saturated carbocycles. The summed E-state index contributed by atoms with van der Waals surface area (Å²) in [5, 5.41) is 0. The van der Waals surface area contributed by atoms with Gasteiger partial charge in [0.25, 0.3) is 0 Å². The zero-order chi connectivity index (χ0) is 13.5. The first kappa shape index (κ1) is 14.3. The zero-order valence-corrected chi connectivity index (χ0v) is 11.4. The van der Waals surface area contributed by atoms with Crippen LogP contribution in [0, 0.1) is 0 Å². The molecule has 0 spiro atoms. The highest BCUT2D eigenvalue weighted by Crippen LogP contribution is 2.28. The van der Waals surface area contributed by atoms with Gasteiger partial charge in [0, 0.05) is 26.2 Å².